The van der Waals surface area contributed by atoms with Crippen LogP contribution in [0.25, 0.3) is 6.08 Å². The minimum absolute atomic E-state index is 0.0652. The molecular formula is C29H32N4O2. The summed E-state index contributed by atoms with van der Waals surface area (Å²) in [7, 11) is 0. The van der Waals surface area contributed by atoms with Crippen molar-refractivity contribution in [2.75, 3.05) is 30.7 Å². The Kier molecular flexibility index (Phi) is 8.30. The molecule has 0 bridgehead atoms. The number of likely N-dealkylation sites (tertiary alicyclic amines) is 1. The second kappa shape index (κ2) is 12.0. The van der Waals surface area contributed by atoms with Crippen LogP contribution in [0.1, 0.15) is 34.3 Å². The number of hydrogen-bond donors (Lipinski definition) is 3. The van der Waals surface area contributed by atoms with E-state index in [0.29, 0.717) is 29.4 Å². The van der Waals surface area contributed by atoms with Crippen molar-refractivity contribution in [1.82, 2.24) is 10.2 Å². The third-order valence-corrected chi connectivity index (χ3v) is 6.33. The number of benzene rings is 3. The van der Waals surface area contributed by atoms with E-state index >= 15 is 0 Å². The van der Waals surface area contributed by atoms with Crippen molar-refractivity contribution in [3.8, 4) is 0 Å². The summed E-state index contributed by atoms with van der Waals surface area (Å²) in [6.07, 6.45) is 5.34. The highest BCUT2D eigenvalue weighted by Gasteiger charge is 2.20. The van der Waals surface area contributed by atoms with Crippen molar-refractivity contribution in [2.45, 2.75) is 19.4 Å². The molecule has 3 aromatic rings. The lowest BCUT2D eigenvalue weighted by Crippen LogP contribution is -2.38. The summed E-state index contributed by atoms with van der Waals surface area (Å²) in [5.41, 5.74) is 9.74. The molecule has 4 N–H and O–H groups in total. The lowest BCUT2D eigenvalue weighted by atomic mass is 9.96. The Morgan fingerprint density at radius 2 is 1.60 bits per heavy atom. The van der Waals surface area contributed by atoms with Crippen LogP contribution in [0.5, 0.6) is 0 Å². The summed E-state index contributed by atoms with van der Waals surface area (Å²) in [5, 5.41) is 5.84. The zero-order chi connectivity index (χ0) is 24.5. The summed E-state index contributed by atoms with van der Waals surface area (Å²) in [5.74, 6) is 0.175. The molecule has 2 amide bonds. The third kappa shape index (κ3) is 7.29. The van der Waals surface area contributed by atoms with E-state index in [4.69, 9.17) is 5.73 Å². The van der Waals surface area contributed by atoms with Gasteiger partial charge in [-0.1, -0.05) is 54.6 Å². The Bertz CT molecular complexity index is 1150. The smallest absolute Gasteiger partial charge is 0.251 e. The average Bonchev–Trinajstić information content (AvgIpc) is 2.89. The van der Waals surface area contributed by atoms with Gasteiger partial charge in [0.05, 0.1) is 11.4 Å². The molecule has 0 unspecified atom stereocenters. The first-order chi connectivity index (χ1) is 17.1. The van der Waals surface area contributed by atoms with E-state index in [-0.39, 0.29) is 11.8 Å². The van der Waals surface area contributed by atoms with Crippen LogP contribution in [0.4, 0.5) is 11.4 Å². The van der Waals surface area contributed by atoms with E-state index in [0.717, 1.165) is 38.0 Å². The maximum absolute atomic E-state index is 12.6. The van der Waals surface area contributed by atoms with Crippen molar-refractivity contribution in [2.24, 2.45) is 5.92 Å². The molecule has 3 aromatic carbocycles. The van der Waals surface area contributed by atoms with Crippen LogP contribution in [0.15, 0.2) is 84.9 Å². The molecule has 0 spiro atoms. The number of rotatable bonds is 8. The van der Waals surface area contributed by atoms with E-state index in [9.17, 15) is 9.59 Å². The molecule has 0 radical (unpaired) electrons. The SMILES string of the molecule is Nc1ccccc1NC(=O)/C=C/c1ccc(C(=O)NCC2CCN(Cc3ccccc3)CC2)cc1. The molecule has 1 fully saturated rings. The fraction of sp³-hybridized carbons (Fsp3) is 0.241. The third-order valence-electron chi connectivity index (χ3n) is 6.33. The van der Waals surface area contributed by atoms with Crippen molar-refractivity contribution < 1.29 is 9.59 Å². The van der Waals surface area contributed by atoms with E-state index in [1.165, 1.54) is 11.6 Å². The number of piperidine rings is 1. The molecule has 0 saturated carbocycles. The molecule has 0 aliphatic carbocycles. The zero-order valence-corrected chi connectivity index (χ0v) is 19.8. The van der Waals surface area contributed by atoms with Crippen molar-refractivity contribution in [3.05, 3.63) is 102 Å². The first-order valence-corrected chi connectivity index (χ1v) is 12.0. The summed E-state index contributed by atoms with van der Waals surface area (Å²) in [4.78, 5) is 27.2. The molecule has 4 rings (SSSR count). The van der Waals surface area contributed by atoms with E-state index in [2.05, 4.69) is 39.8 Å². The number of para-hydroxylation sites is 2. The molecule has 180 valence electrons. The minimum atomic E-state index is -0.264. The highest BCUT2D eigenvalue weighted by Crippen LogP contribution is 2.19. The Balaban J connectivity index is 1.19. The normalized spacial score (nSPS) is 14.6. The lowest BCUT2D eigenvalue weighted by Gasteiger charge is -2.32. The van der Waals surface area contributed by atoms with Gasteiger partial charge in [-0.15, -0.1) is 0 Å². The van der Waals surface area contributed by atoms with Crippen LogP contribution < -0.4 is 16.4 Å². The van der Waals surface area contributed by atoms with Crippen molar-refractivity contribution in [1.29, 1.82) is 0 Å². The molecule has 35 heavy (non-hydrogen) atoms. The number of carbonyl (C=O) groups excluding carboxylic acids is 2. The Morgan fingerprint density at radius 1 is 0.914 bits per heavy atom. The molecule has 1 saturated heterocycles. The maximum Gasteiger partial charge on any atom is 0.251 e. The van der Waals surface area contributed by atoms with Gasteiger partial charge in [-0.3, -0.25) is 14.5 Å². The molecule has 1 heterocycles. The van der Waals surface area contributed by atoms with Gasteiger partial charge >= 0.3 is 0 Å². The maximum atomic E-state index is 12.6. The number of nitrogen functional groups attached to an aromatic ring is 1. The summed E-state index contributed by atoms with van der Waals surface area (Å²) < 4.78 is 0. The first-order valence-electron chi connectivity index (χ1n) is 12.0. The standard InChI is InChI=1S/C29H32N4O2/c30-26-8-4-5-9-27(26)32-28(34)15-12-22-10-13-25(14-11-22)29(35)31-20-23-16-18-33(19-17-23)21-24-6-2-1-3-7-24/h1-15,23H,16-21,30H2,(H,31,35)(H,32,34)/b15-12+. The molecule has 6 nitrogen and oxygen atoms in total. The van der Waals surface area contributed by atoms with Crippen LogP contribution >= 0.6 is 0 Å². The van der Waals surface area contributed by atoms with E-state index in [1.807, 2.05) is 30.3 Å². The Morgan fingerprint density at radius 3 is 2.31 bits per heavy atom. The van der Waals surface area contributed by atoms with E-state index in [1.54, 1.807) is 30.3 Å². The van der Waals surface area contributed by atoms with Gasteiger partial charge in [0.25, 0.3) is 5.91 Å². The lowest BCUT2D eigenvalue weighted by molar-refractivity contribution is -0.111. The Hall–Kier alpha value is -3.90. The predicted octanol–water partition coefficient (Wildman–Crippen LogP) is 4.56. The molecular weight excluding hydrogens is 436 g/mol. The first kappa shape index (κ1) is 24.2. The van der Waals surface area contributed by atoms with Crippen LogP contribution in [0, 0.1) is 5.92 Å². The van der Waals surface area contributed by atoms with Gasteiger partial charge < -0.3 is 16.4 Å². The summed E-state index contributed by atoms with van der Waals surface area (Å²) >= 11 is 0. The van der Waals surface area contributed by atoms with Gasteiger partial charge in [0, 0.05) is 24.7 Å². The van der Waals surface area contributed by atoms with Crippen LogP contribution in [0.3, 0.4) is 0 Å². The zero-order valence-electron chi connectivity index (χ0n) is 19.8. The minimum Gasteiger partial charge on any atom is -0.397 e. The second-order valence-electron chi connectivity index (χ2n) is 8.95. The molecule has 0 atom stereocenters. The Labute approximate surface area is 206 Å². The van der Waals surface area contributed by atoms with Gasteiger partial charge in [-0.25, -0.2) is 0 Å². The van der Waals surface area contributed by atoms with Gasteiger partial charge in [0.15, 0.2) is 0 Å². The predicted molar refractivity (Wildman–Crippen MR) is 142 cm³/mol. The molecule has 6 heteroatoms. The van der Waals surface area contributed by atoms with Crippen molar-refractivity contribution in [3.63, 3.8) is 0 Å². The molecule has 0 aromatic heterocycles. The highest BCUT2D eigenvalue weighted by molar-refractivity contribution is 6.03. The van der Waals surface area contributed by atoms with Crippen molar-refractivity contribution >= 4 is 29.3 Å². The van der Waals surface area contributed by atoms with Gasteiger partial charge in [0.1, 0.15) is 0 Å². The van der Waals surface area contributed by atoms with E-state index < -0.39 is 0 Å². The topological polar surface area (TPSA) is 87.5 Å². The number of anilines is 2. The summed E-state index contributed by atoms with van der Waals surface area (Å²) in [6, 6.07) is 24.9. The van der Waals surface area contributed by atoms with Crippen LogP contribution in [0.2, 0.25) is 0 Å². The second-order valence-corrected chi connectivity index (χ2v) is 8.95. The number of nitrogens with two attached hydrogens (primary N) is 1. The van der Waals surface area contributed by atoms with Gasteiger partial charge in [-0.05, 0) is 73.3 Å². The van der Waals surface area contributed by atoms with Gasteiger partial charge in [0.2, 0.25) is 5.91 Å². The largest absolute Gasteiger partial charge is 0.397 e. The molecule has 1 aliphatic heterocycles. The van der Waals surface area contributed by atoms with Crippen LogP contribution in [-0.2, 0) is 11.3 Å². The monoisotopic (exact) mass is 468 g/mol. The van der Waals surface area contributed by atoms with Crippen LogP contribution in [-0.4, -0.2) is 36.3 Å². The number of amides is 2. The van der Waals surface area contributed by atoms with Gasteiger partial charge in [-0.2, -0.15) is 0 Å². The quantitative estimate of drug-likeness (QED) is 0.334. The number of nitrogens with zero attached hydrogens (tertiary/aromatic N) is 1. The average molecular weight is 469 g/mol. The number of hydrogen-bond acceptors (Lipinski definition) is 4. The number of carbonyl (C=O) groups is 2. The fourth-order valence-corrected chi connectivity index (χ4v) is 4.23. The highest BCUT2D eigenvalue weighted by atomic mass is 16.2. The fourth-order valence-electron chi connectivity index (χ4n) is 4.23. The molecule has 1 aliphatic rings. The summed E-state index contributed by atoms with van der Waals surface area (Å²) in [6.45, 7) is 3.80. The number of nitrogens with one attached hydrogen (secondary N) is 2.